The summed E-state index contributed by atoms with van der Waals surface area (Å²) in [4.78, 5) is 1.43. The number of hydrogen-bond donors (Lipinski definition) is 1. The number of fused-ring (bicyclic) bond motifs is 1. The second kappa shape index (κ2) is 6.24. The summed E-state index contributed by atoms with van der Waals surface area (Å²) in [6.07, 6.45) is 3.34. The van der Waals surface area contributed by atoms with E-state index in [1.807, 2.05) is 23.5 Å². The molecule has 21 heavy (non-hydrogen) atoms. The Labute approximate surface area is 131 Å². The van der Waals surface area contributed by atoms with E-state index in [9.17, 15) is 0 Å². The van der Waals surface area contributed by atoms with Crippen LogP contribution in [0.5, 0.6) is 0 Å². The van der Waals surface area contributed by atoms with Gasteiger partial charge in [0, 0.05) is 36.3 Å². The minimum absolute atomic E-state index is 0.461. The first-order valence-corrected chi connectivity index (χ1v) is 8.61. The lowest BCUT2D eigenvalue weighted by atomic mass is 10.0. The van der Waals surface area contributed by atoms with Crippen molar-refractivity contribution in [3.05, 3.63) is 47.3 Å². The molecule has 3 nitrogen and oxygen atoms in total. The summed E-state index contributed by atoms with van der Waals surface area (Å²) in [5.41, 5.74) is 3.98. The van der Waals surface area contributed by atoms with Crippen molar-refractivity contribution in [2.24, 2.45) is 7.05 Å². The van der Waals surface area contributed by atoms with Gasteiger partial charge in [-0.3, -0.25) is 4.68 Å². The van der Waals surface area contributed by atoms with Crippen LogP contribution in [0.4, 0.5) is 0 Å². The average molecular weight is 301 g/mol. The Kier molecular flexibility index (Phi) is 4.36. The molecule has 1 unspecified atom stereocenters. The maximum absolute atomic E-state index is 4.59. The number of benzene rings is 1. The quantitative estimate of drug-likeness (QED) is 0.929. The number of aromatic nitrogens is 2. The Morgan fingerprint density at radius 3 is 3.00 bits per heavy atom. The van der Waals surface area contributed by atoms with Gasteiger partial charge in [-0.2, -0.15) is 5.10 Å². The standard InChI is InChI=1S/C17H23N3S/c1-12(2)17-13(11-20(3)19-17)10-18-15-8-9-21-16-7-5-4-6-14(15)16/h4-7,11-12,15,18H,8-10H2,1-3H3. The van der Waals surface area contributed by atoms with E-state index in [1.54, 1.807) is 0 Å². The molecule has 0 fully saturated rings. The third-order valence-corrected chi connectivity index (χ3v) is 5.10. The van der Waals surface area contributed by atoms with Gasteiger partial charge in [-0.25, -0.2) is 0 Å². The Bertz CT molecular complexity index is 618. The third kappa shape index (κ3) is 3.16. The van der Waals surface area contributed by atoms with Gasteiger partial charge >= 0.3 is 0 Å². The third-order valence-electron chi connectivity index (χ3n) is 3.98. The van der Waals surface area contributed by atoms with Gasteiger partial charge in [0.2, 0.25) is 0 Å². The van der Waals surface area contributed by atoms with Crippen molar-refractivity contribution < 1.29 is 0 Å². The monoisotopic (exact) mass is 301 g/mol. The highest BCUT2D eigenvalue weighted by atomic mass is 32.2. The van der Waals surface area contributed by atoms with Gasteiger partial charge in [-0.15, -0.1) is 11.8 Å². The summed E-state index contributed by atoms with van der Waals surface area (Å²) in [7, 11) is 2.00. The van der Waals surface area contributed by atoms with Gasteiger partial charge in [0.15, 0.2) is 0 Å². The van der Waals surface area contributed by atoms with E-state index in [1.165, 1.54) is 33.9 Å². The van der Waals surface area contributed by atoms with E-state index < -0.39 is 0 Å². The van der Waals surface area contributed by atoms with Crippen molar-refractivity contribution in [2.45, 2.75) is 43.7 Å². The molecular weight excluding hydrogens is 278 g/mol. The van der Waals surface area contributed by atoms with Gasteiger partial charge in [0.05, 0.1) is 5.69 Å². The van der Waals surface area contributed by atoms with Crippen molar-refractivity contribution in [3.63, 3.8) is 0 Å². The topological polar surface area (TPSA) is 29.9 Å². The van der Waals surface area contributed by atoms with Crippen molar-refractivity contribution >= 4 is 11.8 Å². The number of rotatable bonds is 4. The summed E-state index contributed by atoms with van der Waals surface area (Å²) in [6.45, 7) is 5.31. The van der Waals surface area contributed by atoms with Gasteiger partial charge in [-0.1, -0.05) is 32.0 Å². The fraction of sp³-hybridized carbons (Fsp3) is 0.471. The molecule has 0 bridgehead atoms. The highest BCUT2D eigenvalue weighted by Gasteiger charge is 2.20. The highest BCUT2D eigenvalue weighted by molar-refractivity contribution is 7.99. The molecule has 1 atom stereocenters. The zero-order valence-electron chi connectivity index (χ0n) is 13.0. The molecule has 0 saturated heterocycles. The molecule has 4 heteroatoms. The zero-order valence-corrected chi connectivity index (χ0v) is 13.8. The lowest BCUT2D eigenvalue weighted by Gasteiger charge is -2.26. The fourth-order valence-corrected chi connectivity index (χ4v) is 4.09. The highest BCUT2D eigenvalue weighted by Crippen LogP contribution is 2.36. The van der Waals surface area contributed by atoms with Crippen molar-refractivity contribution in [1.82, 2.24) is 15.1 Å². The molecule has 0 radical (unpaired) electrons. The lowest BCUT2D eigenvalue weighted by molar-refractivity contribution is 0.507. The van der Waals surface area contributed by atoms with Crippen LogP contribution in [0.25, 0.3) is 0 Å². The van der Waals surface area contributed by atoms with Gasteiger partial charge in [0.1, 0.15) is 0 Å². The summed E-state index contributed by atoms with van der Waals surface area (Å²) < 4.78 is 1.93. The Morgan fingerprint density at radius 1 is 1.38 bits per heavy atom. The predicted octanol–water partition coefficient (Wildman–Crippen LogP) is 3.87. The SMILES string of the molecule is CC(C)c1nn(C)cc1CNC1CCSc2ccccc21. The molecule has 1 aliphatic rings. The van der Waals surface area contributed by atoms with Crippen molar-refractivity contribution in [3.8, 4) is 0 Å². The molecule has 0 aliphatic carbocycles. The number of nitrogens with one attached hydrogen (secondary N) is 1. The summed E-state index contributed by atoms with van der Waals surface area (Å²) >= 11 is 1.97. The van der Waals surface area contributed by atoms with Crippen LogP contribution in [-0.2, 0) is 13.6 Å². The zero-order chi connectivity index (χ0) is 14.8. The molecule has 1 aliphatic heterocycles. The lowest BCUT2D eigenvalue weighted by Crippen LogP contribution is -2.24. The first-order chi connectivity index (χ1) is 10.1. The maximum atomic E-state index is 4.59. The van der Waals surface area contributed by atoms with Crippen LogP contribution in [0.15, 0.2) is 35.4 Å². The van der Waals surface area contributed by atoms with E-state index in [-0.39, 0.29) is 0 Å². The molecule has 0 spiro atoms. The molecule has 112 valence electrons. The summed E-state index contributed by atoms with van der Waals surface area (Å²) in [6, 6.07) is 9.22. The fourth-order valence-electron chi connectivity index (χ4n) is 2.96. The minimum Gasteiger partial charge on any atom is -0.306 e. The van der Waals surface area contributed by atoms with Crippen LogP contribution in [0.3, 0.4) is 0 Å². The minimum atomic E-state index is 0.461. The molecule has 1 N–H and O–H groups in total. The van der Waals surface area contributed by atoms with Gasteiger partial charge in [-0.05, 0) is 29.7 Å². The van der Waals surface area contributed by atoms with Crippen molar-refractivity contribution in [1.29, 1.82) is 0 Å². The Hall–Kier alpha value is -1.26. The molecule has 1 aromatic carbocycles. The molecule has 2 aromatic rings. The second-order valence-electron chi connectivity index (χ2n) is 5.98. The Morgan fingerprint density at radius 2 is 2.19 bits per heavy atom. The molecule has 3 rings (SSSR count). The van der Waals surface area contributed by atoms with Gasteiger partial charge < -0.3 is 5.32 Å². The molecular formula is C17H23N3S. The van der Waals surface area contributed by atoms with Crippen LogP contribution < -0.4 is 5.32 Å². The van der Waals surface area contributed by atoms with E-state index in [0.717, 1.165) is 6.54 Å². The van der Waals surface area contributed by atoms with E-state index >= 15 is 0 Å². The smallest absolute Gasteiger partial charge is 0.0694 e. The number of hydrogen-bond acceptors (Lipinski definition) is 3. The van der Waals surface area contributed by atoms with Crippen LogP contribution in [0.2, 0.25) is 0 Å². The van der Waals surface area contributed by atoms with E-state index in [4.69, 9.17) is 0 Å². The molecule has 0 saturated carbocycles. The summed E-state index contributed by atoms with van der Waals surface area (Å²) in [5, 5.41) is 8.33. The average Bonchev–Trinajstić information content (AvgIpc) is 2.86. The maximum Gasteiger partial charge on any atom is 0.0694 e. The first-order valence-electron chi connectivity index (χ1n) is 7.62. The number of thioether (sulfide) groups is 1. The Balaban J connectivity index is 1.74. The molecule has 0 amide bonds. The molecule has 2 heterocycles. The molecule has 1 aromatic heterocycles. The van der Waals surface area contributed by atoms with Crippen LogP contribution in [-0.4, -0.2) is 15.5 Å². The number of nitrogens with zero attached hydrogens (tertiary/aromatic N) is 2. The summed E-state index contributed by atoms with van der Waals surface area (Å²) in [5.74, 6) is 1.66. The second-order valence-corrected chi connectivity index (χ2v) is 7.11. The van der Waals surface area contributed by atoms with Gasteiger partial charge in [0.25, 0.3) is 0 Å². The van der Waals surface area contributed by atoms with Crippen LogP contribution >= 0.6 is 11.8 Å². The van der Waals surface area contributed by atoms with Crippen LogP contribution in [0.1, 0.15) is 49.0 Å². The largest absolute Gasteiger partial charge is 0.306 e. The first kappa shape index (κ1) is 14.7. The normalized spacial score (nSPS) is 18.0. The van der Waals surface area contributed by atoms with E-state index in [2.05, 4.69) is 54.7 Å². The number of aryl methyl sites for hydroxylation is 1. The predicted molar refractivity (Wildman–Crippen MR) is 88.7 cm³/mol. The van der Waals surface area contributed by atoms with E-state index in [0.29, 0.717) is 12.0 Å². The van der Waals surface area contributed by atoms with Crippen molar-refractivity contribution in [2.75, 3.05) is 5.75 Å². The van der Waals surface area contributed by atoms with Crippen LogP contribution in [0, 0.1) is 0 Å².